The highest BCUT2D eigenvalue weighted by Crippen LogP contribution is 2.17. The number of hydrogen-bond donors (Lipinski definition) is 1. The number of nitrogens with one attached hydrogen (secondary N) is 1. The molecule has 2 rings (SSSR count). The van der Waals surface area contributed by atoms with E-state index in [2.05, 4.69) is 29.0 Å². The second-order valence-corrected chi connectivity index (χ2v) is 5.97. The molecule has 2 heterocycles. The predicted molar refractivity (Wildman–Crippen MR) is 73.4 cm³/mol. The van der Waals surface area contributed by atoms with E-state index in [0.29, 0.717) is 12.1 Å². The smallest absolute Gasteiger partial charge is 0.0794 e. The van der Waals surface area contributed by atoms with Crippen molar-refractivity contribution in [2.75, 3.05) is 19.6 Å². The van der Waals surface area contributed by atoms with Crippen LogP contribution in [0.2, 0.25) is 0 Å². The average molecular weight is 253 g/mol. The lowest BCUT2D eigenvalue weighted by Gasteiger charge is -2.30. The topological polar surface area (TPSA) is 28.2 Å². The highest BCUT2D eigenvalue weighted by atomic mass is 32.1. The van der Waals surface area contributed by atoms with Crippen molar-refractivity contribution in [3.63, 3.8) is 0 Å². The van der Waals surface area contributed by atoms with Gasteiger partial charge in [-0.3, -0.25) is 4.98 Å². The van der Waals surface area contributed by atoms with Crippen LogP contribution < -0.4 is 5.32 Å². The zero-order chi connectivity index (χ0) is 12.1. The molecule has 0 spiro atoms. The number of thiazole rings is 1. The van der Waals surface area contributed by atoms with Gasteiger partial charge >= 0.3 is 0 Å². The van der Waals surface area contributed by atoms with Gasteiger partial charge in [0, 0.05) is 29.7 Å². The normalized spacial score (nSPS) is 21.3. The van der Waals surface area contributed by atoms with E-state index in [4.69, 9.17) is 0 Å². The molecule has 17 heavy (non-hydrogen) atoms. The van der Waals surface area contributed by atoms with Crippen LogP contribution in [0.25, 0.3) is 0 Å². The summed E-state index contributed by atoms with van der Waals surface area (Å²) in [6, 6.07) is 0.965. The van der Waals surface area contributed by atoms with Crippen molar-refractivity contribution in [2.45, 2.75) is 45.2 Å². The number of nitrogens with zero attached hydrogens (tertiary/aromatic N) is 2. The molecule has 0 aliphatic carbocycles. The summed E-state index contributed by atoms with van der Waals surface area (Å²) in [4.78, 5) is 8.05. The molecule has 0 saturated carbocycles. The van der Waals surface area contributed by atoms with Gasteiger partial charge in [0.25, 0.3) is 0 Å². The predicted octanol–water partition coefficient (Wildman–Crippen LogP) is 2.67. The Balaban J connectivity index is 1.74. The van der Waals surface area contributed by atoms with E-state index in [1.54, 1.807) is 11.3 Å². The second kappa shape index (κ2) is 6.47. The van der Waals surface area contributed by atoms with Gasteiger partial charge in [-0.2, -0.15) is 0 Å². The van der Waals surface area contributed by atoms with E-state index in [-0.39, 0.29) is 0 Å². The maximum absolute atomic E-state index is 4.13. The van der Waals surface area contributed by atoms with Gasteiger partial charge in [-0.15, -0.1) is 11.3 Å². The van der Waals surface area contributed by atoms with Gasteiger partial charge in [0.05, 0.1) is 5.51 Å². The molecular formula is C13H23N3S. The van der Waals surface area contributed by atoms with Gasteiger partial charge in [0.1, 0.15) is 0 Å². The molecule has 4 heteroatoms. The Morgan fingerprint density at radius 1 is 1.35 bits per heavy atom. The maximum atomic E-state index is 4.13. The zero-order valence-electron chi connectivity index (χ0n) is 10.9. The van der Waals surface area contributed by atoms with E-state index >= 15 is 0 Å². The van der Waals surface area contributed by atoms with Crippen LogP contribution in [0.1, 0.15) is 44.0 Å². The molecule has 1 fully saturated rings. The van der Waals surface area contributed by atoms with Crippen LogP contribution in [0.4, 0.5) is 0 Å². The fourth-order valence-corrected chi connectivity index (χ4v) is 3.17. The van der Waals surface area contributed by atoms with E-state index in [0.717, 1.165) is 0 Å². The third-order valence-corrected chi connectivity index (χ3v) is 4.35. The van der Waals surface area contributed by atoms with Crippen LogP contribution in [0.3, 0.4) is 0 Å². The SMILES string of the molecule is CC(CN1CCCCC1)NC(C)c1cncs1. The Labute approximate surface area is 108 Å². The largest absolute Gasteiger partial charge is 0.306 e. The monoisotopic (exact) mass is 253 g/mol. The molecule has 0 aromatic carbocycles. The van der Waals surface area contributed by atoms with Crippen molar-refractivity contribution >= 4 is 11.3 Å². The summed E-state index contributed by atoms with van der Waals surface area (Å²) in [6.07, 6.45) is 6.12. The molecule has 1 aromatic heterocycles. The standard InChI is InChI=1S/C13H23N3S/c1-11(9-16-6-4-3-5-7-16)15-12(2)13-8-14-10-17-13/h8,10-12,15H,3-7,9H2,1-2H3. The number of piperidine rings is 1. The Kier molecular flexibility index (Phi) is 4.95. The molecule has 1 aliphatic rings. The van der Waals surface area contributed by atoms with Crippen LogP contribution in [-0.4, -0.2) is 35.6 Å². The lowest BCUT2D eigenvalue weighted by atomic mass is 10.1. The van der Waals surface area contributed by atoms with Gasteiger partial charge in [0.15, 0.2) is 0 Å². The molecule has 0 amide bonds. The minimum Gasteiger partial charge on any atom is -0.306 e. The van der Waals surface area contributed by atoms with Gasteiger partial charge in [-0.05, 0) is 39.8 Å². The third-order valence-electron chi connectivity index (χ3n) is 3.39. The lowest BCUT2D eigenvalue weighted by molar-refractivity contribution is 0.205. The first-order valence-electron chi connectivity index (χ1n) is 6.62. The molecule has 1 N–H and O–H groups in total. The van der Waals surface area contributed by atoms with Crippen molar-refractivity contribution in [3.8, 4) is 0 Å². The number of aromatic nitrogens is 1. The van der Waals surface area contributed by atoms with Gasteiger partial charge in [-0.1, -0.05) is 6.42 Å². The Morgan fingerprint density at radius 2 is 2.12 bits per heavy atom. The number of hydrogen-bond acceptors (Lipinski definition) is 4. The molecule has 1 aliphatic heterocycles. The Hall–Kier alpha value is -0.450. The van der Waals surface area contributed by atoms with E-state index in [1.807, 2.05) is 11.7 Å². The van der Waals surface area contributed by atoms with Crippen LogP contribution in [0, 0.1) is 0 Å². The molecule has 1 saturated heterocycles. The van der Waals surface area contributed by atoms with E-state index in [9.17, 15) is 0 Å². The first-order valence-corrected chi connectivity index (χ1v) is 7.50. The first kappa shape index (κ1) is 13.0. The summed E-state index contributed by atoms with van der Waals surface area (Å²) in [5.74, 6) is 0. The summed E-state index contributed by atoms with van der Waals surface area (Å²) < 4.78 is 0. The summed E-state index contributed by atoms with van der Waals surface area (Å²) in [5.41, 5.74) is 1.91. The van der Waals surface area contributed by atoms with Crippen LogP contribution >= 0.6 is 11.3 Å². The average Bonchev–Trinajstić information content (AvgIpc) is 2.83. The van der Waals surface area contributed by atoms with Crippen molar-refractivity contribution < 1.29 is 0 Å². The molecule has 3 nitrogen and oxygen atoms in total. The highest BCUT2D eigenvalue weighted by Gasteiger charge is 2.15. The molecule has 0 bridgehead atoms. The minimum atomic E-state index is 0.419. The second-order valence-electron chi connectivity index (χ2n) is 5.05. The first-order chi connectivity index (χ1) is 8.25. The molecule has 96 valence electrons. The number of rotatable bonds is 5. The third kappa shape index (κ3) is 4.05. The van der Waals surface area contributed by atoms with Gasteiger partial charge in [0.2, 0.25) is 0 Å². The Morgan fingerprint density at radius 3 is 2.76 bits per heavy atom. The van der Waals surface area contributed by atoms with Crippen molar-refractivity contribution in [3.05, 3.63) is 16.6 Å². The fourth-order valence-electron chi connectivity index (χ4n) is 2.53. The lowest BCUT2D eigenvalue weighted by Crippen LogP contribution is -2.42. The molecule has 1 aromatic rings. The van der Waals surface area contributed by atoms with E-state index in [1.165, 1.54) is 43.8 Å². The minimum absolute atomic E-state index is 0.419. The summed E-state index contributed by atoms with van der Waals surface area (Å²) in [5, 5.41) is 3.66. The molecule has 2 atom stereocenters. The molecule has 0 radical (unpaired) electrons. The van der Waals surface area contributed by atoms with Crippen molar-refractivity contribution in [1.82, 2.24) is 15.2 Å². The van der Waals surface area contributed by atoms with Gasteiger partial charge in [-0.25, -0.2) is 0 Å². The highest BCUT2D eigenvalue weighted by molar-refractivity contribution is 7.09. The van der Waals surface area contributed by atoms with Crippen LogP contribution in [-0.2, 0) is 0 Å². The van der Waals surface area contributed by atoms with Gasteiger partial charge < -0.3 is 10.2 Å². The quantitative estimate of drug-likeness (QED) is 0.874. The summed E-state index contributed by atoms with van der Waals surface area (Å²) in [7, 11) is 0. The van der Waals surface area contributed by atoms with E-state index < -0.39 is 0 Å². The van der Waals surface area contributed by atoms with Crippen molar-refractivity contribution in [2.24, 2.45) is 0 Å². The summed E-state index contributed by atoms with van der Waals surface area (Å²) >= 11 is 1.73. The fraction of sp³-hybridized carbons (Fsp3) is 0.769. The zero-order valence-corrected chi connectivity index (χ0v) is 11.7. The molecule has 2 unspecified atom stereocenters. The maximum Gasteiger partial charge on any atom is 0.0794 e. The Bertz CT molecular complexity index is 306. The van der Waals surface area contributed by atoms with Crippen LogP contribution in [0.15, 0.2) is 11.7 Å². The summed E-state index contributed by atoms with van der Waals surface area (Å²) in [6.45, 7) is 8.23. The number of likely N-dealkylation sites (tertiary alicyclic amines) is 1. The van der Waals surface area contributed by atoms with Crippen LogP contribution in [0.5, 0.6) is 0 Å². The molecular weight excluding hydrogens is 230 g/mol. The van der Waals surface area contributed by atoms with Crippen molar-refractivity contribution in [1.29, 1.82) is 0 Å².